The maximum atomic E-state index is 9.47. The lowest BCUT2D eigenvalue weighted by Crippen LogP contribution is -2.48. The maximum Gasteiger partial charge on any atom is 0.129 e. The molecule has 22 heavy (non-hydrogen) atoms. The van der Waals surface area contributed by atoms with E-state index in [4.69, 9.17) is 23.2 Å². The number of piperazine rings is 1. The fourth-order valence-electron chi connectivity index (χ4n) is 2.83. The van der Waals surface area contributed by atoms with Crippen LogP contribution in [0, 0.1) is 0 Å². The molecule has 1 saturated heterocycles. The number of β-amino-alcohol motifs (C(OH)–C–C–N with tert-alkyl or cyclic N) is 1. The molecule has 118 valence electrons. The van der Waals surface area contributed by atoms with Crippen LogP contribution in [-0.2, 0) is 0 Å². The molecule has 0 aliphatic carbocycles. The second-order valence-electron chi connectivity index (χ2n) is 5.74. The molecule has 2 aromatic rings. The van der Waals surface area contributed by atoms with Crippen LogP contribution in [0.2, 0.25) is 10.0 Å². The van der Waals surface area contributed by atoms with E-state index < -0.39 is 0 Å². The summed E-state index contributed by atoms with van der Waals surface area (Å²) in [5, 5.41) is 11.5. The molecule has 1 aliphatic rings. The Hall–Kier alpha value is -1.07. The van der Waals surface area contributed by atoms with Crippen molar-refractivity contribution in [1.82, 2.24) is 9.88 Å². The third-order valence-corrected chi connectivity index (χ3v) is 4.75. The molecule has 0 spiro atoms. The normalized spacial score (nSPS) is 17.9. The molecule has 1 fully saturated rings. The van der Waals surface area contributed by atoms with Gasteiger partial charge in [0.2, 0.25) is 0 Å². The van der Waals surface area contributed by atoms with Crippen molar-refractivity contribution in [2.45, 2.75) is 13.0 Å². The fourth-order valence-corrected chi connectivity index (χ4v) is 3.20. The van der Waals surface area contributed by atoms with E-state index in [0.717, 1.165) is 49.4 Å². The van der Waals surface area contributed by atoms with Crippen molar-refractivity contribution in [3.63, 3.8) is 0 Å². The molecule has 1 aromatic heterocycles. The summed E-state index contributed by atoms with van der Waals surface area (Å²) in [6.07, 6.45) is -0.286. The van der Waals surface area contributed by atoms with Crippen molar-refractivity contribution in [3.05, 3.63) is 34.3 Å². The van der Waals surface area contributed by atoms with E-state index in [1.54, 1.807) is 6.07 Å². The topological polar surface area (TPSA) is 39.6 Å². The van der Waals surface area contributed by atoms with Gasteiger partial charge in [-0.25, -0.2) is 4.98 Å². The van der Waals surface area contributed by atoms with Gasteiger partial charge in [0.05, 0.1) is 21.7 Å². The number of fused-ring (bicyclic) bond motifs is 1. The molecule has 0 amide bonds. The van der Waals surface area contributed by atoms with Crippen molar-refractivity contribution in [1.29, 1.82) is 0 Å². The van der Waals surface area contributed by atoms with E-state index in [1.807, 2.05) is 25.1 Å². The Labute approximate surface area is 140 Å². The largest absolute Gasteiger partial charge is 0.392 e. The predicted molar refractivity (Wildman–Crippen MR) is 92.1 cm³/mol. The number of hydrogen-bond donors (Lipinski definition) is 1. The van der Waals surface area contributed by atoms with Crippen LogP contribution in [0.3, 0.4) is 0 Å². The van der Waals surface area contributed by atoms with E-state index in [9.17, 15) is 5.11 Å². The van der Waals surface area contributed by atoms with Gasteiger partial charge < -0.3 is 10.0 Å². The first-order chi connectivity index (χ1) is 10.5. The second kappa shape index (κ2) is 6.59. The van der Waals surface area contributed by atoms with E-state index in [0.29, 0.717) is 10.0 Å². The third-order valence-electron chi connectivity index (χ3n) is 3.96. The second-order valence-corrected chi connectivity index (χ2v) is 6.52. The number of rotatable bonds is 3. The van der Waals surface area contributed by atoms with Gasteiger partial charge in [0.1, 0.15) is 5.82 Å². The molecule has 0 unspecified atom stereocenters. The molecule has 0 bridgehead atoms. The zero-order valence-corrected chi connectivity index (χ0v) is 14.0. The molecule has 1 aromatic carbocycles. The Balaban J connectivity index is 1.78. The minimum atomic E-state index is -0.286. The minimum absolute atomic E-state index is 0.286. The highest BCUT2D eigenvalue weighted by atomic mass is 35.5. The van der Waals surface area contributed by atoms with Gasteiger partial charge in [-0.1, -0.05) is 29.3 Å². The first-order valence-corrected chi connectivity index (χ1v) is 8.20. The molecule has 4 nitrogen and oxygen atoms in total. The lowest BCUT2D eigenvalue weighted by Gasteiger charge is -2.36. The van der Waals surface area contributed by atoms with Crippen molar-refractivity contribution in [3.8, 4) is 0 Å². The Kier molecular flexibility index (Phi) is 4.73. The molecule has 0 radical (unpaired) electrons. The Bertz CT molecular complexity index is 670. The van der Waals surface area contributed by atoms with Gasteiger partial charge >= 0.3 is 0 Å². The Morgan fingerprint density at radius 1 is 1.14 bits per heavy atom. The third kappa shape index (κ3) is 3.30. The first kappa shape index (κ1) is 15.8. The molecular formula is C16H19Cl2N3O. The van der Waals surface area contributed by atoms with Crippen molar-refractivity contribution in [2.24, 2.45) is 0 Å². The number of benzene rings is 1. The summed E-state index contributed by atoms with van der Waals surface area (Å²) in [7, 11) is 0. The van der Waals surface area contributed by atoms with Crippen molar-refractivity contribution < 1.29 is 5.11 Å². The molecule has 1 aliphatic heterocycles. The minimum Gasteiger partial charge on any atom is -0.392 e. The van der Waals surface area contributed by atoms with Crippen LogP contribution in [0.4, 0.5) is 5.82 Å². The van der Waals surface area contributed by atoms with Gasteiger partial charge in [0.15, 0.2) is 0 Å². The summed E-state index contributed by atoms with van der Waals surface area (Å²) in [4.78, 5) is 9.20. The molecule has 2 heterocycles. The Morgan fingerprint density at radius 2 is 1.82 bits per heavy atom. The van der Waals surface area contributed by atoms with E-state index in [-0.39, 0.29) is 6.10 Å². The average Bonchev–Trinajstić information content (AvgIpc) is 2.51. The quantitative estimate of drug-likeness (QED) is 0.932. The Morgan fingerprint density at radius 3 is 2.50 bits per heavy atom. The highest BCUT2D eigenvalue weighted by molar-refractivity contribution is 6.45. The summed E-state index contributed by atoms with van der Waals surface area (Å²) in [6, 6.07) is 7.78. The summed E-state index contributed by atoms with van der Waals surface area (Å²) in [5.74, 6) is 0.924. The van der Waals surface area contributed by atoms with Gasteiger partial charge in [0, 0.05) is 38.1 Å². The first-order valence-electron chi connectivity index (χ1n) is 7.45. The number of nitrogens with zero attached hydrogens (tertiary/aromatic N) is 3. The van der Waals surface area contributed by atoms with Gasteiger partial charge in [0.25, 0.3) is 0 Å². The molecule has 1 atom stereocenters. The van der Waals surface area contributed by atoms with Crippen LogP contribution in [0.1, 0.15) is 6.92 Å². The highest BCUT2D eigenvalue weighted by Gasteiger charge is 2.19. The fraction of sp³-hybridized carbons (Fsp3) is 0.438. The average molecular weight is 340 g/mol. The summed E-state index contributed by atoms with van der Waals surface area (Å²) in [5.41, 5.74) is 0.748. The summed E-state index contributed by atoms with van der Waals surface area (Å²) >= 11 is 12.3. The number of aromatic nitrogens is 1. The van der Waals surface area contributed by atoms with Gasteiger partial charge in [-0.05, 0) is 25.1 Å². The number of aliphatic hydroxyl groups excluding tert-OH is 1. The van der Waals surface area contributed by atoms with Crippen molar-refractivity contribution >= 4 is 39.9 Å². The SMILES string of the molecule is C[C@@H](O)CN1CCN(c2ccc3ccc(Cl)c(Cl)c3n2)CC1. The van der Waals surface area contributed by atoms with Crippen LogP contribution in [0.25, 0.3) is 10.9 Å². The number of halogens is 2. The zero-order chi connectivity index (χ0) is 15.7. The van der Waals surface area contributed by atoms with E-state index in [2.05, 4.69) is 14.8 Å². The van der Waals surface area contributed by atoms with Crippen LogP contribution >= 0.6 is 23.2 Å². The van der Waals surface area contributed by atoms with Crippen LogP contribution in [0.15, 0.2) is 24.3 Å². The van der Waals surface area contributed by atoms with Gasteiger partial charge in [-0.15, -0.1) is 0 Å². The number of hydrogen-bond acceptors (Lipinski definition) is 4. The standard InChI is InChI=1S/C16H19Cl2N3O/c1-11(22)10-20-6-8-21(9-7-20)14-5-3-12-2-4-13(17)15(18)16(12)19-14/h2-5,11,22H,6-10H2,1H3/t11-/m1/s1. The van der Waals surface area contributed by atoms with Gasteiger partial charge in [-0.3, -0.25) is 4.90 Å². The lowest BCUT2D eigenvalue weighted by molar-refractivity contribution is 0.122. The summed E-state index contributed by atoms with van der Waals surface area (Å²) < 4.78 is 0. The summed E-state index contributed by atoms with van der Waals surface area (Å²) in [6.45, 7) is 6.18. The van der Waals surface area contributed by atoms with E-state index in [1.165, 1.54) is 0 Å². The maximum absolute atomic E-state index is 9.47. The molecular weight excluding hydrogens is 321 g/mol. The number of aliphatic hydroxyl groups is 1. The van der Waals surface area contributed by atoms with Gasteiger partial charge in [-0.2, -0.15) is 0 Å². The number of anilines is 1. The number of pyridine rings is 1. The molecule has 3 rings (SSSR count). The van der Waals surface area contributed by atoms with Crippen molar-refractivity contribution in [2.75, 3.05) is 37.6 Å². The molecule has 1 N–H and O–H groups in total. The van der Waals surface area contributed by atoms with Crippen LogP contribution < -0.4 is 4.90 Å². The zero-order valence-electron chi connectivity index (χ0n) is 12.5. The van der Waals surface area contributed by atoms with Crippen LogP contribution in [-0.4, -0.2) is 53.8 Å². The van der Waals surface area contributed by atoms with E-state index >= 15 is 0 Å². The molecule has 0 saturated carbocycles. The predicted octanol–water partition coefficient (Wildman–Crippen LogP) is 3.04. The molecule has 6 heteroatoms. The highest BCUT2D eigenvalue weighted by Crippen LogP contribution is 2.31. The van der Waals surface area contributed by atoms with Crippen LogP contribution in [0.5, 0.6) is 0 Å². The smallest absolute Gasteiger partial charge is 0.129 e. The lowest BCUT2D eigenvalue weighted by atomic mass is 10.2. The monoisotopic (exact) mass is 339 g/mol.